The predicted molar refractivity (Wildman–Crippen MR) is 129 cm³/mol. The van der Waals surface area contributed by atoms with Gasteiger partial charge in [0.05, 0.1) is 0 Å². The normalized spacial score (nSPS) is 12.7. The summed E-state index contributed by atoms with van der Waals surface area (Å²) in [4.78, 5) is 14.5. The van der Waals surface area contributed by atoms with Crippen LogP contribution in [0.4, 0.5) is 17.3 Å². The summed E-state index contributed by atoms with van der Waals surface area (Å²) in [7, 11) is 0. The molecule has 0 radical (unpaired) electrons. The van der Waals surface area contributed by atoms with E-state index in [1.807, 2.05) is 0 Å². The number of nitrogens with zero attached hydrogens (tertiary/aromatic N) is 3. The molecule has 5 heteroatoms. The Kier molecular flexibility index (Phi) is 7.49. The summed E-state index contributed by atoms with van der Waals surface area (Å²) in [5.74, 6) is 2.31. The summed E-state index contributed by atoms with van der Waals surface area (Å²) >= 11 is 0. The standard InChI is InChI=1S/C25H41N5/c1-10-23(5,6)20-27-21(24(7,8)11-2)29-22(28-20)26-18-15-14-16-19(17-18)30-25(9,12-3)13-4/h14-17,30H,10-13H2,1-9H3,(H,26,27,28,29). The van der Waals surface area contributed by atoms with Crippen LogP contribution >= 0.6 is 0 Å². The van der Waals surface area contributed by atoms with Crippen LogP contribution in [0.5, 0.6) is 0 Å². The lowest BCUT2D eigenvalue weighted by Crippen LogP contribution is -2.32. The summed E-state index contributed by atoms with van der Waals surface area (Å²) in [6, 6.07) is 8.35. The Balaban J connectivity index is 2.41. The molecule has 2 N–H and O–H groups in total. The maximum Gasteiger partial charge on any atom is 0.230 e. The van der Waals surface area contributed by atoms with E-state index in [1.54, 1.807) is 0 Å². The van der Waals surface area contributed by atoms with Crippen molar-refractivity contribution in [2.75, 3.05) is 10.6 Å². The molecule has 1 aromatic carbocycles. The quantitative estimate of drug-likeness (QED) is 0.441. The molecule has 166 valence electrons. The van der Waals surface area contributed by atoms with E-state index in [0.717, 1.165) is 48.7 Å². The van der Waals surface area contributed by atoms with Crippen LogP contribution in [0.1, 0.15) is 99.6 Å². The molecule has 0 saturated heterocycles. The molecule has 0 bridgehead atoms. The van der Waals surface area contributed by atoms with Crippen LogP contribution in [0.3, 0.4) is 0 Å². The highest BCUT2D eigenvalue weighted by Gasteiger charge is 2.28. The minimum absolute atomic E-state index is 0.0857. The van der Waals surface area contributed by atoms with Gasteiger partial charge >= 0.3 is 0 Å². The molecular weight excluding hydrogens is 370 g/mol. The van der Waals surface area contributed by atoms with Gasteiger partial charge in [-0.15, -0.1) is 0 Å². The number of benzene rings is 1. The zero-order valence-corrected chi connectivity index (χ0v) is 20.5. The third-order valence-electron chi connectivity index (χ3n) is 6.74. The van der Waals surface area contributed by atoms with Crippen molar-refractivity contribution < 1.29 is 0 Å². The average Bonchev–Trinajstić information content (AvgIpc) is 2.73. The highest BCUT2D eigenvalue weighted by atomic mass is 15.2. The molecule has 0 atom stereocenters. The summed E-state index contributed by atoms with van der Waals surface area (Å²) in [5.41, 5.74) is 1.95. The third kappa shape index (κ3) is 5.71. The van der Waals surface area contributed by atoms with Gasteiger partial charge in [0.25, 0.3) is 0 Å². The van der Waals surface area contributed by atoms with E-state index in [0.29, 0.717) is 5.95 Å². The van der Waals surface area contributed by atoms with Crippen molar-refractivity contribution >= 4 is 17.3 Å². The molecule has 0 fully saturated rings. The number of aromatic nitrogens is 3. The fraction of sp³-hybridized carbons (Fsp3) is 0.640. The second kappa shape index (κ2) is 9.32. The van der Waals surface area contributed by atoms with Crippen LogP contribution in [-0.4, -0.2) is 20.5 Å². The van der Waals surface area contributed by atoms with Crippen molar-refractivity contribution in [2.45, 2.75) is 104 Å². The number of rotatable bonds is 10. The van der Waals surface area contributed by atoms with E-state index >= 15 is 0 Å². The van der Waals surface area contributed by atoms with Crippen molar-refractivity contribution in [1.29, 1.82) is 0 Å². The van der Waals surface area contributed by atoms with E-state index in [2.05, 4.69) is 97.2 Å². The first-order chi connectivity index (χ1) is 14.0. The summed E-state index contributed by atoms with van der Waals surface area (Å²) < 4.78 is 0. The molecule has 0 amide bonds. The third-order valence-corrected chi connectivity index (χ3v) is 6.74. The Hall–Kier alpha value is -2.17. The number of hydrogen-bond acceptors (Lipinski definition) is 5. The Bertz CT molecular complexity index is 803. The minimum Gasteiger partial charge on any atom is -0.380 e. The molecule has 30 heavy (non-hydrogen) atoms. The van der Waals surface area contributed by atoms with Gasteiger partial charge in [-0.25, -0.2) is 4.98 Å². The van der Waals surface area contributed by atoms with Gasteiger partial charge in [-0.2, -0.15) is 9.97 Å². The first kappa shape index (κ1) is 24.1. The predicted octanol–water partition coefficient (Wildman–Crippen LogP) is 6.98. The highest BCUT2D eigenvalue weighted by Crippen LogP contribution is 2.30. The lowest BCUT2D eigenvalue weighted by molar-refractivity contribution is 0.434. The molecule has 2 rings (SSSR count). The molecular formula is C25H41N5. The van der Waals surface area contributed by atoms with Crippen LogP contribution < -0.4 is 10.6 Å². The van der Waals surface area contributed by atoms with E-state index in [4.69, 9.17) is 15.0 Å². The lowest BCUT2D eigenvalue weighted by atomic mass is 9.87. The van der Waals surface area contributed by atoms with E-state index in [-0.39, 0.29) is 16.4 Å². The molecule has 2 aromatic rings. The van der Waals surface area contributed by atoms with Gasteiger partial charge in [-0.3, -0.25) is 0 Å². The summed E-state index contributed by atoms with van der Waals surface area (Å²) in [5, 5.41) is 7.11. The van der Waals surface area contributed by atoms with Crippen LogP contribution in [0.2, 0.25) is 0 Å². The van der Waals surface area contributed by atoms with Gasteiger partial charge in [-0.05, 0) is 50.8 Å². The Morgan fingerprint density at radius 1 is 0.700 bits per heavy atom. The first-order valence-electron chi connectivity index (χ1n) is 11.4. The van der Waals surface area contributed by atoms with Crippen molar-refractivity contribution in [3.63, 3.8) is 0 Å². The van der Waals surface area contributed by atoms with Crippen molar-refractivity contribution in [2.24, 2.45) is 0 Å². The van der Waals surface area contributed by atoms with Crippen molar-refractivity contribution in [1.82, 2.24) is 15.0 Å². The fourth-order valence-electron chi connectivity index (χ4n) is 2.93. The zero-order chi connectivity index (χ0) is 22.6. The maximum absolute atomic E-state index is 4.87. The second-order valence-electron chi connectivity index (χ2n) is 9.88. The van der Waals surface area contributed by atoms with Gasteiger partial charge in [0.15, 0.2) is 0 Å². The van der Waals surface area contributed by atoms with Crippen LogP contribution in [0.25, 0.3) is 0 Å². The SMILES string of the molecule is CCC(C)(CC)Nc1cccc(Nc2nc(C(C)(C)CC)nc(C(C)(C)CC)n2)c1. The van der Waals surface area contributed by atoms with E-state index in [1.165, 1.54) is 0 Å². The van der Waals surface area contributed by atoms with Crippen molar-refractivity contribution in [3.05, 3.63) is 35.9 Å². The monoisotopic (exact) mass is 411 g/mol. The topological polar surface area (TPSA) is 62.7 Å². The molecule has 1 aromatic heterocycles. The van der Waals surface area contributed by atoms with Gasteiger partial charge in [0.2, 0.25) is 5.95 Å². The molecule has 0 aliphatic rings. The average molecular weight is 412 g/mol. The summed E-state index contributed by atoms with van der Waals surface area (Å²) in [6.45, 7) is 19.8. The van der Waals surface area contributed by atoms with Gasteiger partial charge < -0.3 is 10.6 Å². The largest absolute Gasteiger partial charge is 0.380 e. The number of anilines is 3. The first-order valence-corrected chi connectivity index (χ1v) is 11.4. The van der Waals surface area contributed by atoms with Gasteiger partial charge in [-0.1, -0.05) is 61.5 Å². The Morgan fingerprint density at radius 3 is 1.67 bits per heavy atom. The molecule has 0 unspecified atom stereocenters. The fourth-order valence-corrected chi connectivity index (χ4v) is 2.93. The second-order valence-corrected chi connectivity index (χ2v) is 9.88. The molecule has 0 saturated carbocycles. The molecule has 0 aliphatic carbocycles. The molecule has 0 spiro atoms. The summed E-state index contributed by atoms with van der Waals surface area (Å²) in [6.07, 6.45) is 4.07. The Morgan fingerprint density at radius 2 is 1.20 bits per heavy atom. The molecule has 5 nitrogen and oxygen atoms in total. The molecule has 0 aliphatic heterocycles. The minimum atomic E-state index is -0.106. The van der Waals surface area contributed by atoms with Crippen LogP contribution in [0.15, 0.2) is 24.3 Å². The van der Waals surface area contributed by atoms with Crippen molar-refractivity contribution in [3.8, 4) is 0 Å². The number of nitrogens with one attached hydrogen (secondary N) is 2. The van der Waals surface area contributed by atoms with Crippen LogP contribution in [-0.2, 0) is 10.8 Å². The zero-order valence-electron chi connectivity index (χ0n) is 20.5. The smallest absolute Gasteiger partial charge is 0.230 e. The maximum atomic E-state index is 4.87. The number of hydrogen-bond donors (Lipinski definition) is 2. The van der Waals surface area contributed by atoms with E-state index in [9.17, 15) is 0 Å². The Labute approximate surface area is 183 Å². The molecule has 1 heterocycles. The lowest BCUT2D eigenvalue weighted by Gasteiger charge is -2.30. The van der Waals surface area contributed by atoms with Gasteiger partial charge in [0, 0.05) is 27.7 Å². The highest BCUT2D eigenvalue weighted by molar-refractivity contribution is 5.61. The van der Waals surface area contributed by atoms with E-state index < -0.39 is 0 Å². The van der Waals surface area contributed by atoms with Crippen LogP contribution in [0, 0.1) is 0 Å². The van der Waals surface area contributed by atoms with Gasteiger partial charge in [0.1, 0.15) is 11.6 Å².